The molecule has 2 N–H and O–H groups in total. The first-order valence-electron chi connectivity index (χ1n) is 23.6. The van der Waals surface area contributed by atoms with Crippen molar-refractivity contribution >= 4 is 129 Å². The third kappa shape index (κ3) is 4.18. The van der Waals surface area contributed by atoms with E-state index in [9.17, 15) is 10.2 Å². The van der Waals surface area contributed by atoms with Crippen molar-refractivity contribution in [2.75, 3.05) is 0 Å². The Morgan fingerprint density at radius 1 is 0.234 bits per heavy atom. The minimum Gasteiger partial charge on any atom is -0.507 e. The Morgan fingerprint density at radius 3 is 0.641 bits per heavy atom. The third-order valence-corrected chi connectivity index (χ3v) is 16.6. The molecule has 0 aliphatic heterocycles. The van der Waals surface area contributed by atoms with E-state index in [2.05, 4.69) is 159 Å². The molecule has 0 atom stereocenters. The third-order valence-electron chi connectivity index (χ3n) is 16.6. The van der Waals surface area contributed by atoms with Crippen LogP contribution < -0.4 is 0 Å². The summed E-state index contributed by atoms with van der Waals surface area (Å²) in [6.45, 7) is 36.7. The van der Waals surface area contributed by atoms with Crippen molar-refractivity contribution in [1.29, 1.82) is 0 Å². The van der Waals surface area contributed by atoms with Crippen LogP contribution >= 0.6 is 0 Å². The van der Waals surface area contributed by atoms with Crippen LogP contribution in [0.15, 0.2) is 48.5 Å². The van der Waals surface area contributed by atoms with E-state index in [-0.39, 0.29) is 21.7 Å². The Labute approximate surface area is 374 Å². The average molecular weight is 835 g/mol. The van der Waals surface area contributed by atoms with Gasteiger partial charge in [0, 0.05) is 0 Å². The molecule has 0 aromatic heterocycles. The van der Waals surface area contributed by atoms with E-state index < -0.39 is 0 Å². The Hall–Kier alpha value is -5.86. The zero-order chi connectivity index (χ0) is 45.3. The lowest BCUT2D eigenvalue weighted by Crippen LogP contribution is -2.13. The molecule has 0 unspecified atom stereocenters. The fourth-order valence-corrected chi connectivity index (χ4v) is 13.1. The fraction of sp³-hybridized carbons (Fsp3) is 0.323. The number of phenols is 2. The van der Waals surface area contributed by atoms with Crippen LogP contribution in [0.4, 0.5) is 0 Å². The number of aromatic hydroxyl groups is 2. The van der Waals surface area contributed by atoms with E-state index in [1.165, 1.54) is 130 Å². The maximum Gasteiger partial charge on any atom is 0.122 e. The minimum absolute atomic E-state index is 0.0940. The van der Waals surface area contributed by atoms with Gasteiger partial charge in [0.1, 0.15) is 11.5 Å². The van der Waals surface area contributed by atoms with Crippen molar-refractivity contribution in [2.24, 2.45) is 0 Å². The maximum absolute atomic E-state index is 12.5. The number of hydrogen-bond donors (Lipinski definition) is 2. The molecule has 0 aliphatic rings. The Kier molecular flexibility index (Phi) is 6.61. The molecule has 13 rings (SSSR count). The summed E-state index contributed by atoms with van der Waals surface area (Å²) >= 11 is 0. The Bertz CT molecular complexity index is 3960. The predicted octanol–water partition coefficient (Wildman–Crippen LogP) is 18.0. The highest BCUT2D eigenvalue weighted by molar-refractivity contribution is 6.61. The normalized spacial score (nSPS) is 14.4. The standard InChI is InChI=1S/C62H58O2/c1-25-41-39-23-31(61(11,12)13)21-37-35-19-29(59(5,6)7)17-33-34-18-30(60(8,9)10)20-36-38-22-32(62(14,15)16)24-40-42-26(2)58(64)28(4)44-43(27(3)57(25)63)49(41)55-53(47(37)39)51(45(33)35)52(46(34)36)54(48(38)40)56(55)50(42)44/h17-24,63-64H,1-16H3. The van der Waals surface area contributed by atoms with Gasteiger partial charge in [0.25, 0.3) is 0 Å². The second-order valence-corrected chi connectivity index (χ2v) is 24.5. The fourth-order valence-electron chi connectivity index (χ4n) is 13.1. The molecule has 0 amide bonds. The highest BCUT2D eigenvalue weighted by atomic mass is 16.3. The van der Waals surface area contributed by atoms with Gasteiger partial charge in [-0.25, -0.2) is 0 Å². The van der Waals surface area contributed by atoms with Gasteiger partial charge in [-0.1, -0.05) is 83.1 Å². The van der Waals surface area contributed by atoms with Crippen molar-refractivity contribution in [1.82, 2.24) is 0 Å². The lowest BCUT2D eigenvalue weighted by molar-refractivity contribution is 0.468. The summed E-state index contributed by atoms with van der Waals surface area (Å²) in [4.78, 5) is 0. The van der Waals surface area contributed by atoms with Crippen LogP contribution in [-0.4, -0.2) is 10.2 Å². The number of benzene rings is 13. The lowest BCUT2D eigenvalue weighted by Gasteiger charge is -2.33. The molecule has 13 aromatic rings. The van der Waals surface area contributed by atoms with Crippen molar-refractivity contribution in [3.05, 3.63) is 93.0 Å². The summed E-state index contributed by atoms with van der Waals surface area (Å²) < 4.78 is 0. The number of rotatable bonds is 0. The van der Waals surface area contributed by atoms with Gasteiger partial charge in [-0.2, -0.15) is 0 Å². The molecule has 0 heterocycles. The molecule has 13 aromatic carbocycles. The van der Waals surface area contributed by atoms with E-state index in [4.69, 9.17) is 0 Å². The van der Waals surface area contributed by atoms with Crippen molar-refractivity contribution in [3.63, 3.8) is 0 Å². The molecular formula is C62H58O2. The highest BCUT2D eigenvalue weighted by Gasteiger charge is 2.36. The number of aryl methyl sites for hydroxylation is 4. The SMILES string of the molecule is Cc1c(O)c(C)c2c3c(C)c(O)c(C)c4c5cc(C(C)(C)C)cc6c7cc(C(C)(C)C)cc8c9cc(C(C)(C)C)cc%10c%11cc(C(C)(C)C)cc%12c1c2c1c(c%11%12)c(c9%10)c(c87)c(c65)c1c43. The van der Waals surface area contributed by atoms with E-state index >= 15 is 0 Å². The minimum atomic E-state index is -0.132. The van der Waals surface area contributed by atoms with Gasteiger partial charge in [-0.05, 0) is 272 Å². The number of fused-ring (bicyclic) bond motifs is 6. The highest BCUT2D eigenvalue weighted by Crippen LogP contribution is 2.63. The van der Waals surface area contributed by atoms with Gasteiger partial charge in [-0.3, -0.25) is 0 Å². The van der Waals surface area contributed by atoms with E-state index in [0.717, 1.165) is 43.8 Å². The first-order valence-corrected chi connectivity index (χ1v) is 23.6. The van der Waals surface area contributed by atoms with Gasteiger partial charge < -0.3 is 10.2 Å². The van der Waals surface area contributed by atoms with E-state index in [0.29, 0.717) is 11.5 Å². The molecule has 0 fully saturated rings. The van der Waals surface area contributed by atoms with Crippen LogP contribution in [0.1, 0.15) is 128 Å². The monoisotopic (exact) mass is 834 g/mol. The van der Waals surface area contributed by atoms with Gasteiger partial charge in [0.2, 0.25) is 0 Å². The van der Waals surface area contributed by atoms with E-state index in [1.807, 2.05) is 0 Å². The second kappa shape index (κ2) is 11.0. The smallest absolute Gasteiger partial charge is 0.122 e. The topological polar surface area (TPSA) is 40.5 Å². The van der Waals surface area contributed by atoms with Crippen LogP contribution in [0.5, 0.6) is 11.5 Å². The van der Waals surface area contributed by atoms with Crippen molar-refractivity contribution in [3.8, 4) is 11.5 Å². The van der Waals surface area contributed by atoms with Gasteiger partial charge in [-0.15, -0.1) is 0 Å². The Morgan fingerprint density at radius 2 is 0.406 bits per heavy atom. The summed E-state index contributed by atoms with van der Waals surface area (Å²) in [5.74, 6) is 0.691. The molecule has 0 bridgehead atoms. The lowest BCUT2D eigenvalue weighted by atomic mass is 9.69. The van der Waals surface area contributed by atoms with Crippen molar-refractivity contribution in [2.45, 2.75) is 132 Å². The molecule has 0 saturated heterocycles. The summed E-state index contributed by atoms with van der Waals surface area (Å²) in [5.41, 5.74) is 8.44. The molecule has 0 radical (unpaired) electrons. The molecule has 318 valence electrons. The average Bonchev–Trinajstić information content (AvgIpc) is 3.21. The van der Waals surface area contributed by atoms with Gasteiger partial charge in [0.15, 0.2) is 0 Å². The molecule has 0 aliphatic carbocycles. The number of phenolic OH excluding ortho intramolecular Hbond substituents is 2. The van der Waals surface area contributed by atoms with Crippen molar-refractivity contribution < 1.29 is 10.2 Å². The molecule has 0 spiro atoms. The Balaban J connectivity index is 1.55. The molecule has 0 saturated carbocycles. The zero-order valence-corrected chi connectivity index (χ0v) is 40.5. The predicted molar refractivity (Wildman–Crippen MR) is 281 cm³/mol. The zero-order valence-electron chi connectivity index (χ0n) is 40.5. The van der Waals surface area contributed by atoms with Crippen LogP contribution in [0.25, 0.3) is 129 Å². The first-order chi connectivity index (χ1) is 29.8. The first kappa shape index (κ1) is 38.6. The maximum atomic E-state index is 12.5. The summed E-state index contributed by atoms with van der Waals surface area (Å²) in [6, 6.07) is 20.2. The van der Waals surface area contributed by atoms with Crippen LogP contribution in [0.3, 0.4) is 0 Å². The quantitative estimate of drug-likeness (QED) is 0.118. The second-order valence-electron chi connectivity index (χ2n) is 24.5. The molecular weight excluding hydrogens is 777 g/mol. The van der Waals surface area contributed by atoms with E-state index in [1.54, 1.807) is 0 Å². The largest absolute Gasteiger partial charge is 0.507 e. The summed E-state index contributed by atoms with van der Waals surface area (Å²) in [7, 11) is 0. The number of hydrogen-bond acceptors (Lipinski definition) is 2. The molecule has 64 heavy (non-hydrogen) atoms. The van der Waals surface area contributed by atoms with Crippen LogP contribution in [-0.2, 0) is 21.7 Å². The molecule has 2 nitrogen and oxygen atoms in total. The van der Waals surface area contributed by atoms with Gasteiger partial charge in [0.05, 0.1) is 0 Å². The van der Waals surface area contributed by atoms with Gasteiger partial charge >= 0.3 is 0 Å². The summed E-state index contributed by atoms with van der Waals surface area (Å²) in [6.07, 6.45) is 0. The van der Waals surface area contributed by atoms with Crippen LogP contribution in [0.2, 0.25) is 0 Å². The van der Waals surface area contributed by atoms with Crippen LogP contribution in [0, 0.1) is 27.7 Å². The summed E-state index contributed by atoms with van der Waals surface area (Å²) in [5, 5.41) is 55.7. The molecule has 2 heteroatoms.